The van der Waals surface area contributed by atoms with Crippen molar-refractivity contribution in [3.05, 3.63) is 34.4 Å². The molecule has 0 aromatic carbocycles. The van der Waals surface area contributed by atoms with Crippen molar-refractivity contribution < 1.29 is 5.21 Å². The van der Waals surface area contributed by atoms with Gasteiger partial charge in [0.15, 0.2) is 11.0 Å². The van der Waals surface area contributed by atoms with E-state index in [1.54, 1.807) is 16.7 Å². The summed E-state index contributed by atoms with van der Waals surface area (Å²) in [7, 11) is 0. The van der Waals surface area contributed by atoms with Gasteiger partial charge in [-0.1, -0.05) is 5.16 Å². The molecule has 0 aliphatic heterocycles. The second kappa shape index (κ2) is 5.78. The van der Waals surface area contributed by atoms with Gasteiger partial charge in [-0.05, 0) is 37.7 Å². The van der Waals surface area contributed by atoms with Gasteiger partial charge in [-0.2, -0.15) is 0 Å². The highest BCUT2D eigenvalue weighted by Crippen LogP contribution is 2.24. The third-order valence-corrected chi connectivity index (χ3v) is 3.45. The zero-order valence-electron chi connectivity index (χ0n) is 10.9. The first-order valence-corrected chi connectivity index (χ1v) is 6.63. The van der Waals surface area contributed by atoms with Crippen molar-refractivity contribution in [1.82, 2.24) is 19.7 Å². The fourth-order valence-corrected chi connectivity index (χ4v) is 2.47. The van der Waals surface area contributed by atoms with Crippen LogP contribution >= 0.6 is 11.8 Å². The van der Waals surface area contributed by atoms with Gasteiger partial charge in [0, 0.05) is 17.8 Å². The Hall–Kier alpha value is -2.29. The van der Waals surface area contributed by atoms with Crippen LogP contribution in [0.3, 0.4) is 0 Å². The molecule has 0 saturated carbocycles. The fourth-order valence-electron chi connectivity index (χ4n) is 1.56. The van der Waals surface area contributed by atoms with Crippen LogP contribution in [-0.2, 0) is 0 Å². The lowest BCUT2D eigenvalue weighted by atomic mass is 10.3. The monoisotopic (exact) mass is 294 g/mol. The van der Waals surface area contributed by atoms with Gasteiger partial charge in [0.25, 0.3) is 0 Å². The van der Waals surface area contributed by atoms with E-state index in [2.05, 4.69) is 20.3 Å². The summed E-state index contributed by atoms with van der Waals surface area (Å²) in [6.07, 6.45) is 1.49. The SMILES string of the molecule is CC(C)n1c(Sc2ccc(C(N)=NO)cn2)n[nH]c1=O. The van der Waals surface area contributed by atoms with Crippen molar-refractivity contribution in [1.29, 1.82) is 0 Å². The first-order chi connectivity index (χ1) is 9.52. The quantitative estimate of drug-likeness (QED) is 0.332. The summed E-state index contributed by atoms with van der Waals surface area (Å²) in [4.78, 5) is 15.8. The molecule has 20 heavy (non-hydrogen) atoms. The molecule has 2 aromatic heterocycles. The molecule has 8 nitrogen and oxygen atoms in total. The van der Waals surface area contributed by atoms with Crippen LogP contribution in [0, 0.1) is 0 Å². The molecule has 2 rings (SSSR count). The Morgan fingerprint density at radius 2 is 2.30 bits per heavy atom. The molecular weight excluding hydrogens is 280 g/mol. The van der Waals surface area contributed by atoms with Crippen LogP contribution < -0.4 is 11.4 Å². The molecule has 4 N–H and O–H groups in total. The Labute approximate surface area is 118 Å². The van der Waals surface area contributed by atoms with Gasteiger partial charge in [-0.15, -0.1) is 5.10 Å². The Morgan fingerprint density at radius 3 is 2.85 bits per heavy atom. The second-order valence-corrected chi connectivity index (χ2v) is 5.24. The molecule has 0 saturated heterocycles. The van der Waals surface area contributed by atoms with Crippen molar-refractivity contribution in [3.63, 3.8) is 0 Å². The molecule has 2 aromatic rings. The molecular formula is C11H14N6O2S. The molecule has 0 radical (unpaired) electrons. The maximum Gasteiger partial charge on any atom is 0.344 e. The maximum atomic E-state index is 11.6. The third kappa shape index (κ3) is 2.82. The van der Waals surface area contributed by atoms with E-state index in [9.17, 15) is 4.79 Å². The number of hydrogen-bond donors (Lipinski definition) is 3. The lowest BCUT2D eigenvalue weighted by molar-refractivity contribution is 0.318. The number of H-pyrrole nitrogens is 1. The normalized spacial score (nSPS) is 12.1. The first-order valence-electron chi connectivity index (χ1n) is 5.81. The highest BCUT2D eigenvalue weighted by molar-refractivity contribution is 7.99. The second-order valence-electron chi connectivity index (χ2n) is 4.25. The average molecular weight is 294 g/mol. The number of nitrogens with two attached hydrogens (primary N) is 1. The van der Waals surface area contributed by atoms with Crippen LogP contribution in [0.1, 0.15) is 25.5 Å². The molecule has 0 fully saturated rings. The summed E-state index contributed by atoms with van der Waals surface area (Å²) in [5.41, 5.74) is 5.71. The molecule has 0 atom stereocenters. The van der Waals surface area contributed by atoms with Crippen molar-refractivity contribution in [2.75, 3.05) is 0 Å². The van der Waals surface area contributed by atoms with Gasteiger partial charge in [0.2, 0.25) is 0 Å². The summed E-state index contributed by atoms with van der Waals surface area (Å²) >= 11 is 1.26. The van der Waals surface area contributed by atoms with Crippen molar-refractivity contribution >= 4 is 17.6 Å². The zero-order valence-corrected chi connectivity index (χ0v) is 11.8. The Morgan fingerprint density at radius 1 is 1.55 bits per heavy atom. The number of pyridine rings is 1. The van der Waals surface area contributed by atoms with Gasteiger partial charge < -0.3 is 10.9 Å². The summed E-state index contributed by atoms with van der Waals surface area (Å²) in [5.74, 6) is -0.00657. The van der Waals surface area contributed by atoms with E-state index in [0.29, 0.717) is 15.7 Å². The van der Waals surface area contributed by atoms with Crippen LogP contribution in [0.15, 0.2) is 38.5 Å². The molecule has 0 bridgehead atoms. The van der Waals surface area contributed by atoms with E-state index in [1.165, 1.54) is 18.0 Å². The number of amidine groups is 1. The van der Waals surface area contributed by atoms with E-state index in [1.807, 2.05) is 13.8 Å². The Kier molecular flexibility index (Phi) is 4.08. The summed E-state index contributed by atoms with van der Waals surface area (Å²) < 4.78 is 1.55. The van der Waals surface area contributed by atoms with E-state index in [4.69, 9.17) is 10.9 Å². The first kappa shape index (κ1) is 14.1. The molecule has 0 amide bonds. The Balaban J connectivity index is 2.25. The minimum absolute atomic E-state index is 0.000176. The highest BCUT2D eigenvalue weighted by atomic mass is 32.2. The number of aromatic amines is 1. The van der Waals surface area contributed by atoms with Crippen LogP contribution in [0.4, 0.5) is 0 Å². The summed E-state index contributed by atoms with van der Waals surface area (Å²) in [6.45, 7) is 3.80. The van der Waals surface area contributed by atoms with Crippen LogP contribution in [0.2, 0.25) is 0 Å². The minimum atomic E-state index is -0.254. The average Bonchev–Trinajstić information content (AvgIpc) is 2.79. The van der Waals surface area contributed by atoms with Crippen LogP contribution in [0.25, 0.3) is 0 Å². The lowest BCUT2D eigenvalue weighted by Gasteiger charge is -2.08. The molecule has 2 heterocycles. The number of nitrogens with zero attached hydrogens (tertiary/aromatic N) is 4. The zero-order chi connectivity index (χ0) is 14.7. The number of nitrogens with one attached hydrogen (secondary N) is 1. The van der Waals surface area contributed by atoms with E-state index >= 15 is 0 Å². The predicted molar refractivity (Wildman–Crippen MR) is 74.1 cm³/mol. The van der Waals surface area contributed by atoms with Crippen LogP contribution in [-0.4, -0.2) is 30.8 Å². The largest absolute Gasteiger partial charge is 0.409 e. The number of rotatable bonds is 4. The molecule has 0 unspecified atom stereocenters. The standard InChI is InChI=1S/C11H14N6O2S/c1-6(2)17-10(18)14-15-11(17)20-8-4-3-7(5-13-8)9(12)16-19/h3-6,19H,1-2H3,(H2,12,16)(H,14,18). The fraction of sp³-hybridized carbons (Fsp3) is 0.273. The molecule has 0 aliphatic carbocycles. The number of oxime groups is 1. The molecule has 9 heteroatoms. The summed E-state index contributed by atoms with van der Waals surface area (Å²) in [6, 6.07) is 3.39. The van der Waals surface area contributed by atoms with E-state index in [-0.39, 0.29) is 17.6 Å². The van der Waals surface area contributed by atoms with Gasteiger partial charge in [-0.25, -0.2) is 14.9 Å². The molecule has 0 aliphatic rings. The third-order valence-electron chi connectivity index (χ3n) is 2.52. The molecule has 0 spiro atoms. The predicted octanol–water partition coefficient (Wildman–Crippen LogP) is 0.793. The van der Waals surface area contributed by atoms with Crippen molar-refractivity contribution in [2.45, 2.75) is 30.1 Å². The lowest BCUT2D eigenvalue weighted by Crippen LogP contribution is -2.19. The number of aromatic nitrogens is 4. The molecule has 106 valence electrons. The Bertz CT molecular complexity index is 673. The van der Waals surface area contributed by atoms with Crippen molar-refractivity contribution in [2.24, 2.45) is 10.9 Å². The van der Waals surface area contributed by atoms with E-state index < -0.39 is 0 Å². The number of hydrogen-bond acceptors (Lipinski definition) is 6. The highest BCUT2D eigenvalue weighted by Gasteiger charge is 2.13. The smallest absolute Gasteiger partial charge is 0.344 e. The van der Waals surface area contributed by atoms with Crippen LogP contribution in [0.5, 0.6) is 0 Å². The maximum absolute atomic E-state index is 11.6. The van der Waals surface area contributed by atoms with Gasteiger partial charge in [-0.3, -0.25) is 4.57 Å². The summed E-state index contributed by atoms with van der Waals surface area (Å²) in [5, 5.41) is 19.0. The van der Waals surface area contributed by atoms with Crippen molar-refractivity contribution in [3.8, 4) is 0 Å². The van der Waals surface area contributed by atoms with Gasteiger partial charge >= 0.3 is 5.69 Å². The minimum Gasteiger partial charge on any atom is -0.409 e. The topological polar surface area (TPSA) is 122 Å². The van der Waals surface area contributed by atoms with E-state index in [0.717, 1.165) is 0 Å². The van der Waals surface area contributed by atoms with Gasteiger partial charge in [0.05, 0.1) is 0 Å². The van der Waals surface area contributed by atoms with Gasteiger partial charge in [0.1, 0.15) is 5.03 Å².